The number of rotatable bonds is 15. The first-order chi connectivity index (χ1) is 63.0. The molecule has 0 aliphatic carbocycles. The van der Waals surface area contributed by atoms with Crippen molar-refractivity contribution in [1.82, 2.24) is 9.13 Å². The SMILES string of the molecule is [2H]C([2H])(c1cc2c3c(c1)N(c1c(-c4cccc(CC(C)(C)C)c4)cc(CC(C)(C)C)cc1-c1cccc(CC(C)(C)C)c1)c1cc(-n4c5ccc(C(C)(C)C)cc5c5cc(C(C)(C)C)ccc54)ccc1B3c1ccc(-n3c4ccc(C(C)(C)C)cc4c4cc(C(C)(C)C)ccc43)cc1N2c1c(-c2cccc(CC(C)(C)C)c2)cc(CC(C)(C)C)cc1-c1cccc(CC(C)(C)C)c1)C(C)(C)C. The zero-order valence-electron chi connectivity index (χ0n) is 89.7. The lowest BCUT2D eigenvalue weighted by atomic mass is 9.33. The van der Waals surface area contributed by atoms with Gasteiger partial charge in [-0.25, -0.2) is 0 Å². The lowest BCUT2D eigenvalue weighted by Crippen LogP contribution is -2.61. The summed E-state index contributed by atoms with van der Waals surface area (Å²) in [4.78, 5) is 5.43. The number of fused-ring (bicyclic) bond motifs is 10. The molecule has 4 nitrogen and oxygen atoms in total. The van der Waals surface area contributed by atoms with E-state index < -0.39 is 18.5 Å². The van der Waals surface area contributed by atoms with Gasteiger partial charge in [0, 0.05) is 80.7 Å². The molecule has 2 aliphatic rings. The van der Waals surface area contributed by atoms with Gasteiger partial charge in [-0.2, -0.15) is 0 Å². The largest absolute Gasteiger partial charge is 0.310 e. The van der Waals surface area contributed by atoms with Crippen LogP contribution in [0.2, 0.25) is 0 Å². The molecule has 2 aliphatic heterocycles. The van der Waals surface area contributed by atoms with E-state index in [9.17, 15) is 2.74 Å². The fourth-order valence-corrected chi connectivity index (χ4v) is 21.7. The summed E-state index contributed by atoms with van der Waals surface area (Å²) < 4.78 is 28.0. The van der Waals surface area contributed by atoms with Gasteiger partial charge in [-0.3, -0.25) is 0 Å². The van der Waals surface area contributed by atoms with Gasteiger partial charge in [0.15, 0.2) is 0 Å². The lowest BCUT2D eigenvalue weighted by molar-refractivity contribution is 0.410. The molecular weight excluding hydrogens is 1620 g/mol. The standard InChI is InChI=1S/C129H153BN4/c1-119(2,3)74-81-38-34-42-88(58-81)98-62-85(78-123(13,14)15)63-99(89-43-35-39-82(59-89)75-120(4,5)6)117(98)133-112-72-96(131-108-54-46-92(126(22,23)24)68-102(108)103-69-93(127(25,26)27)47-55-109(103)131)50-52-106(112)130-107-53-51-97(132-110-56-48-94(128(28,29)30)70-104(110)105-71-95(129(31,32)33)49-57-111(105)132)73-113(107)134(115-67-87(80-125(19,20)21)66-114(133)116(115)130)118-100(90-44-36-40-83(60-90)76-121(7,8)9)64-86(79-124(16,17)18)65-101(118)91-45-37-41-84(61-91)77-122(10,11)12/h34-73H,74-80H2,1-33H3/i80D2. The van der Waals surface area contributed by atoms with E-state index in [1.165, 1.54) is 77.2 Å². The maximum absolute atomic E-state index is 11.4. The van der Waals surface area contributed by atoms with Crippen molar-refractivity contribution >= 4 is 101 Å². The number of anilines is 6. The zero-order valence-corrected chi connectivity index (χ0v) is 87.7. The predicted molar refractivity (Wildman–Crippen MR) is 588 cm³/mol. The number of hydrogen-bond acceptors (Lipinski definition) is 2. The summed E-state index contributed by atoms with van der Waals surface area (Å²) in [5, 5.41) is 4.92. The molecular formula is C129H153BN4. The number of hydrogen-bond donors (Lipinski definition) is 0. The molecule has 0 amide bonds. The summed E-state index contributed by atoms with van der Waals surface area (Å²) in [6.45, 7) is 76.7. The Morgan fingerprint density at radius 3 is 0.724 bits per heavy atom. The molecule has 13 aromatic carbocycles. The van der Waals surface area contributed by atoms with E-state index in [4.69, 9.17) is 0 Å². The van der Waals surface area contributed by atoms with Gasteiger partial charge in [-0.1, -0.05) is 362 Å². The zero-order chi connectivity index (χ0) is 98.4. The van der Waals surface area contributed by atoms with Crippen LogP contribution in [0.25, 0.3) is 99.5 Å². The Hall–Kier alpha value is -10.9. The van der Waals surface area contributed by atoms with Gasteiger partial charge in [0.1, 0.15) is 0 Å². The average Bonchev–Trinajstić information content (AvgIpc) is 0.762. The summed E-state index contributed by atoms with van der Waals surface area (Å²) in [5.74, 6) is 0. The van der Waals surface area contributed by atoms with E-state index in [-0.39, 0.29) is 54.1 Å². The van der Waals surface area contributed by atoms with Gasteiger partial charge < -0.3 is 18.9 Å². The molecule has 0 saturated carbocycles. The van der Waals surface area contributed by atoms with Gasteiger partial charge in [0.2, 0.25) is 0 Å². The molecule has 0 radical (unpaired) electrons. The Kier molecular flexibility index (Phi) is 23.1. The van der Waals surface area contributed by atoms with E-state index in [0.29, 0.717) is 5.56 Å². The van der Waals surface area contributed by atoms with Crippen LogP contribution in [0.1, 0.15) is 292 Å². The Morgan fingerprint density at radius 1 is 0.231 bits per heavy atom. The maximum Gasteiger partial charge on any atom is 0.252 e. The van der Waals surface area contributed by atoms with Crippen LogP contribution < -0.4 is 26.2 Å². The van der Waals surface area contributed by atoms with Crippen LogP contribution in [0.3, 0.4) is 0 Å². The van der Waals surface area contributed by atoms with E-state index in [1.807, 2.05) is 0 Å². The molecule has 17 rings (SSSR count). The third-order valence-electron chi connectivity index (χ3n) is 27.2. The Labute approximate surface area is 809 Å². The molecule has 2 aromatic heterocycles. The van der Waals surface area contributed by atoms with Crippen LogP contribution in [0, 0.1) is 37.9 Å². The molecule has 692 valence electrons. The van der Waals surface area contributed by atoms with Gasteiger partial charge in [0.05, 0.1) is 33.4 Å². The second kappa shape index (κ2) is 33.5. The van der Waals surface area contributed by atoms with Crippen molar-refractivity contribution in [3.63, 3.8) is 0 Å². The molecule has 0 fully saturated rings. The minimum absolute atomic E-state index is 0.0117. The normalized spacial score (nSPS) is 14.2. The van der Waals surface area contributed by atoms with Gasteiger partial charge in [0.25, 0.3) is 6.71 Å². The molecule has 5 heteroatoms. The fourth-order valence-electron chi connectivity index (χ4n) is 21.7. The Balaban J connectivity index is 1.12. The smallest absolute Gasteiger partial charge is 0.252 e. The van der Waals surface area contributed by atoms with Gasteiger partial charge in [-0.05, 0) is 313 Å². The lowest BCUT2D eigenvalue weighted by Gasteiger charge is -2.46. The van der Waals surface area contributed by atoms with Crippen LogP contribution in [0.4, 0.5) is 34.1 Å². The van der Waals surface area contributed by atoms with Gasteiger partial charge >= 0.3 is 0 Å². The van der Waals surface area contributed by atoms with Crippen molar-refractivity contribution in [3.05, 3.63) is 304 Å². The second-order valence-electron chi connectivity index (χ2n) is 52.8. The summed E-state index contributed by atoms with van der Waals surface area (Å²) in [5.41, 5.74) is 37.1. The monoisotopic (exact) mass is 1770 g/mol. The first-order valence-corrected chi connectivity index (χ1v) is 50.0. The minimum atomic E-state index is -1.95. The fraction of sp³-hybridized carbons (Fsp3) is 0.395. The number of benzene rings is 13. The number of aromatic nitrogens is 2. The average molecular weight is 1770 g/mol. The van der Waals surface area contributed by atoms with Crippen molar-refractivity contribution in [1.29, 1.82) is 0 Å². The van der Waals surface area contributed by atoms with Crippen molar-refractivity contribution in [2.75, 3.05) is 9.80 Å². The molecule has 0 bridgehead atoms. The second-order valence-corrected chi connectivity index (χ2v) is 52.8. The van der Waals surface area contributed by atoms with Crippen LogP contribution in [0.15, 0.2) is 243 Å². The van der Waals surface area contributed by atoms with Crippen molar-refractivity contribution in [2.24, 2.45) is 37.9 Å². The van der Waals surface area contributed by atoms with Crippen molar-refractivity contribution < 1.29 is 2.74 Å². The van der Waals surface area contributed by atoms with Crippen molar-refractivity contribution in [3.8, 4) is 55.9 Å². The van der Waals surface area contributed by atoms with E-state index in [2.05, 4.69) is 490 Å². The molecule has 0 N–H and O–H groups in total. The first kappa shape index (κ1) is 92.2. The minimum Gasteiger partial charge on any atom is -0.310 e. The summed E-state index contributed by atoms with van der Waals surface area (Å²) in [6.07, 6.45) is 3.24. The molecule has 4 heterocycles. The summed E-state index contributed by atoms with van der Waals surface area (Å²) in [7, 11) is 0. The Morgan fingerprint density at radius 2 is 0.485 bits per heavy atom. The van der Waals surface area contributed by atoms with Crippen LogP contribution in [-0.2, 0) is 66.6 Å². The van der Waals surface area contributed by atoms with Gasteiger partial charge in [-0.15, -0.1) is 0 Å². The molecule has 0 atom stereocenters. The third-order valence-corrected chi connectivity index (χ3v) is 27.2. The molecule has 0 saturated heterocycles. The molecule has 0 unspecified atom stereocenters. The highest BCUT2D eigenvalue weighted by atomic mass is 15.2. The van der Waals surface area contributed by atoms with E-state index >= 15 is 0 Å². The van der Waals surface area contributed by atoms with E-state index in [0.717, 1.165) is 167 Å². The third kappa shape index (κ3) is 19.7. The summed E-state index contributed by atoms with van der Waals surface area (Å²) >= 11 is 0. The van der Waals surface area contributed by atoms with Crippen LogP contribution >= 0.6 is 0 Å². The predicted octanol–water partition coefficient (Wildman–Crippen LogP) is 34.9. The quantitative estimate of drug-likeness (QED) is 0.0951. The molecule has 15 aromatic rings. The first-order valence-electron chi connectivity index (χ1n) is 51.0. The van der Waals surface area contributed by atoms with Crippen LogP contribution in [0.5, 0.6) is 0 Å². The van der Waals surface area contributed by atoms with E-state index in [1.54, 1.807) is 0 Å². The van der Waals surface area contributed by atoms with Crippen LogP contribution in [-0.4, -0.2) is 15.8 Å². The summed E-state index contributed by atoms with van der Waals surface area (Å²) in [6, 6.07) is 97.3. The highest BCUT2D eigenvalue weighted by Gasteiger charge is 2.47. The molecule has 0 spiro atoms. The topological polar surface area (TPSA) is 16.3 Å². The van der Waals surface area contributed by atoms with Crippen molar-refractivity contribution in [2.45, 2.75) is 295 Å². The highest BCUT2D eigenvalue weighted by Crippen LogP contribution is 2.57. The highest BCUT2D eigenvalue weighted by molar-refractivity contribution is 7.00. The number of nitrogens with zero attached hydrogens (tertiary/aromatic N) is 4. The molecule has 134 heavy (non-hydrogen) atoms. The Bertz CT molecular complexity index is 6490. The maximum atomic E-state index is 11.4.